The summed E-state index contributed by atoms with van der Waals surface area (Å²) in [6.07, 6.45) is 5.55. The Balaban J connectivity index is 1.42. The number of H-pyrrole nitrogens is 1. The topological polar surface area (TPSA) is 57.7 Å². The molecule has 1 fully saturated rings. The number of aromatic amines is 1. The maximum absolute atomic E-state index is 6.10. The van der Waals surface area contributed by atoms with E-state index in [0.29, 0.717) is 21.6 Å². The highest BCUT2D eigenvalue weighted by atomic mass is 35.5. The number of nitrogens with one attached hydrogen (secondary N) is 1. The monoisotopic (exact) mass is 361 g/mol. The summed E-state index contributed by atoms with van der Waals surface area (Å²) in [5, 5.41) is 8.62. The molecule has 1 saturated heterocycles. The number of benzene rings is 1. The molecular formula is C17H17Cl2N5. The third-order valence-electron chi connectivity index (χ3n) is 4.60. The Morgan fingerprint density at radius 1 is 1.08 bits per heavy atom. The zero-order chi connectivity index (χ0) is 16.5. The zero-order valence-electron chi connectivity index (χ0n) is 13.0. The molecule has 0 saturated carbocycles. The molecule has 3 aromatic rings. The van der Waals surface area contributed by atoms with Gasteiger partial charge in [0.2, 0.25) is 0 Å². The molecule has 1 aromatic carbocycles. The molecule has 5 nitrogen and oxygen atoms in total. The van der Waals surface area contributed by atoms with Crippen molar-refractivity contribution in [1.82, 2.24) is 25.1 Å². The fourth-order valence-electron chi connectivity index (χ4n) is 3.33. The molecule has 0 unspecified atom stereocenters. The number of piperidine rings is 1. The molecule has 0 bridgehead atoms. The summed E-state index contributed by atoms with van der Waals surface area (Å²) in [4.78, 5) is 11.1. The first-order chi connectivity index (χ1) is 11.7. The molecule has 24 heavy (non-hydrogen) atoms. The third-order valence-corrected chi connectivity index (χ3v) is 5.34. The number of fused-ring (bicyclic) bond motifs is 1. The summed E-state index contributed by atoms with van der Waals surface area (Å²) in [6.45, 7) is 2.96. The van der Waals surface area contributed by atoms with Crippen LogP contribution in [-0.2, 0) is 6.54 Å². The zero-order valence-corrected chi connectivity index (χ0v) is 14.6. The highest BCUT2D eigenvalue weighted by molar-refractivity contribution is 6.42. The molecule has 4 rings (SSSR count). The van der Waals surface area contributed by atoms with Crippen LogP contribution < -0.4 is 0 Å². The Hall–Kier alpha value is -1.69. The average molecular weight is 362 g/mol. The second-order valence-electron chi connectivity index (χ2n) is 6.16. The van der Waals surface area contributed by atoms with Crippen molar-refractivity contribution in [3.8, 4) is 0 Å². The van der Waals surface area contributed by atoms with E-state index >= 15 is 0 Å². The summed E-state index contributed by atoms with van der Waals surface area (Å²) in [5.74, 6) is 0.455. The van der Waals surface area contributed by atoms with E-state index in [0.717, 1.165) is 43.7 Å². The molecule has 1 aliphatic heterocycles. The van der Waals surface area contributed by atoms with Crippen LogP contribution in [0, 0.1) is 0 Å². The molecule has 3 heterocycles. The second kappa shape index (κ2) is 6.67. The number of rotatable bonds is 3. The number of halogens is 2. The Bertz CT molecular complexity index is 855. The van der Waals surface area contributed by atoms with Gasteiger partial charge in [0, 0.05) is 24.9 Å². The quantitative estimate of drug-likeness (QED) is 0.764. The van der Waals surface area contributed by atoms with Crippen molar-refractivity contribution in [2.45, 2.75) is 25.3 Å². The Morgan fingerprint density at radius 3 is 2.67 bits per heavy atom. The molecule has 1 aliphatic rings. The van der Waals surface area contributed by atoms with Gasteiger partial charge in [0.25, 0.3) is 0 Å². The lowest BCUT2D eigenvalue weighted by Gasteiger charge is -2.31. The fraction of sp³-hybridized carbons (Fsp3) is 0.353. The van der Waals surface area contributed by atoms with E-state index < -0.39 is 0 Å². The lowest BCUT2D eigenvalue weighted by Crippen LogP contribution is -2.32. The maximum atomic E-state index is 6.10. The number of hydrogen-bond acceptors (Lipinski definition) is 4. The maximum Gasteiger partial charge on any atom is 0.199 e. The van der Waals surface area contributed by atoms with E-state index in [-0.39, 0.29) is 0 Å². The van der Waals surface area contributed by atoms with Crippen LogP contribution in [0.5, 0.6) is 0 Å². The van der Waals surface area contributed by atoms with Gasteiger partial charge in [-0.3, -0.25) is 10.00 Å². The summed E-state index contributed by atoms with van der Waals surface area (Å²) in [6, 6.07) is 5.85. The normalized spacial score (nSPS) is 16.8. The molecule has 7 heteroatoms. The first kappa shape index (κ1) is 15.8. The van der Waals surface area contributed by atoms with Crippen molar-refractivity contribution >= 4 is 34.4 Å². The Labute approximate surface area is 150 Å². The molecule has 2 aromatic heterocycles. The largest absolute Gasteiger partial charge is 0.299 e. The SMILES string of the molecule is Clc1ccc(CN2CCC(c3[nH]nc4nccnc34)CC2)cc1Cl. The molecule has 124 valence electrons. The standard InChI is InChI=1S/C17H17Cl2N5/c18-13-2-1-11(9-14(13)19)10-24-7-3-12(4-8-24)15-16-17(23-22-15)21-6-5-20-16/h1-2,5-6,9,12H,3-4,7-8,10H2,(H,21,22,23). The highest BCUT2D eigenvalue weighted by Gasteiger charge is 2.24. The summed E-state index contributed by atoms with van der Waals surface area (Å²) < 4.78 is 0. The van der Waals surface area contributed by atoms with Crippen molar-refractivity contribution in [3.63, 3.8) is 0 Å². The predicted octanol–water partition coefficient (Wildman–Crippen LogP) is 4.04. The number of likely N-dealkylation sites (tertiary alicyclic amines) is 1. The summed E-state index contributed by atoms with van der Waals surface area (Å²) >= 11 is 12.1. The van der Waals surface area contributed by atoms with Gasteiger partial charge in [-0.1, -0.05) is 29.3 Å². The molecule has 0 aliphatic carbocycles. The van der Waals surface area contributed by atoms with Gasteiger partial charge in [-0.05, 0) is 43.6 Å². The van der Waals surface area contributed by atoms with E-state index in [2.05, 4.69) is 25.1 Å². The number of nitrogens with zero attached hydrogens (tertiary/aromatic N) is 4. The van der Waals surface area contributed by atoms with Crippen LogP contribution in [0.15, 0.2) is 30.6 Å². The van der Waals surface area contributed by atoms with Gasteiger partial charge >= 0.3 is 0 Å². The second-order valence-corrected chi connectivity index (χ2v) is 6.98. The number of aromatic nitrogens is 4. The van der Waals surface area contributed by atoms with Crippen molar-refractivity contribution < 1.29 is 0 Å². The van der Waals surface area contributed by atoms with E-state index in [1.165, 1.54) is 5.56 Å². The smallest absolute Gasteiger partial charge is 0.199 e. The molecule has 0 radical (unpaired) electrons. The Kier molecular flexibility index (Phi) is 4.39. The van der Waals surface area contributed by atoms with Crippen LogP contribution in [0.2, 0.25) is 10.0 Å². The fourth-order valence-corrected chi connectivity index (χ4v) is 3.65. The number of hydrogen-bond donors (Lipinski definition) is 1. The minimum Gasteiger partial charge on any atom is -0.299 e. The minimum atomic E-state index is 0.455. The van der Waals surface area contributed by atoms with Crippen LogP contribution in [-0.4, -0.2) is 38.2 Å². The van der Waals surface area contributed by atoms with Crippen LogP contribution >= 0.6 is 23.2 Å². The van der Waals surface area contributed by atoms with Gasteiger partial charge in [0.15, 0.2) is 5.65 Å². The van der Waals surface area contributed by atoms with Crippen molar-refractivity contribution in [2.24, 2.45) is 0 Å². The molecule has 0 spiro atoms. The Morgan fingerprint density at radius 2 is 1.88 bits per heavy atom. The van der Waals surface area contributed by atoms with E-state index in [9.17, 15) is 0 Å². The molecule has 1 N–H and O–H groups in total. The predicted molar refractivity (Wildman–Crippen MR) is 95.4 cm³/mol. The van der Waals surface area contributed by atoms with Gasteiger partial charge in [0.1, 0.15) is 5.52 Å². The van der Waals surface area contributed by atoms with Crippen LogP contribution in [0.3, 0.4) is 0 Å². The summed E-state index contributed by atoms with van der Waals surface area (Å²) in [5.41, 5.74) is 3.92. The average Bonchev–Trinajstić information content (AvgIpc) is 3.03. The molecular weight excluding hydrogens is 345 g/mol. The first-order valence-corrected chi connectivity index (χ1v) is 8.77. The van der Waals surface area contributed by atoms with Crippen molar-refractivity contribution in [3.05, 3.63) is 51.9 Å². The minimum absolute atomic E-state index is 0.455. The van der Waals surface area contributed by atoms with Crippen LogP contribution in [0.25, 0.3) is 11.2 Å². The van der Waals surface area contributed by atoms with Gasteiger partial charge in [-0.25, -0.2) is 9.97 Å². The third kappa shape index (κ3) is 3.11. The lowest BCUT2D eigenvalue weighted by molar-refractivity contribution is 0.203. The summed E-state index contributed by atoms with van der Waals surface area (Å²) in [7, 11) is 0. The van der Waals surface area contributed by atoms with E-state index in [4.69, 9.17) is 23.2 Å². The molecule has 0 atom stereocenters. The van der Waals surface area contributed by atoms with E-state index in [1.807, 2.05) is 18.2 Å². The van der Waals surface area contributed by atoms with Crippen LogP contribution in [0.4, 0.5) is 0 Å². The lowest BCUT2D eigenvalue weighted by atomic mass is 9.93. The van der Waals surface area contributed by atoms with Gasteiger partial charge in [-0.15, -0.1) is 0 Å². The van der Waals surface area contributed by atoms with Gasteiger partial charge in [-0.2, -0.15) is 5.10 Å². The van der Waals surface area contributed by atoms with Gasteiger partial charge in [0.05, 0.1) is 15.7 Å². The van der Waals surface area contributed by atoms with Crippen LogP contribution in [0.1, 0.15) is 30.0 Å². The van der Waals surface area contributed by atoms with Crippen molar-refractivity contribution in [2.75, 3.05) is 13.1 Å². The molecule has 0 amide bonds. The highest BCUT2D eigenvalue weighted by Crippen LogP contribution is 2.31. The van der Waals surface area contributed by atoms with E-state index in [1.54, 1.807) is 12.4 Å². The first-order valence-electron chi connectivity index (χ1n) is 8.02. The van der Waals surface area contributed by atoms with Crippen molar-refractivity contribution in [1.29, 1.82) is 0 Å². The van der Waals surface area contributed by atoms with Gasteiger partial charge < -0.3 is 0 Å².